The number of nitriles is 1. The SMILES string of the molecule is N#CCC(Nc1ccccc1)c1ccc2c(c1)OCO2. The average molecular weight is 266 g/mol. The Kier molecular flexibility index (Phi) is 3.42. The van der Waals surface area contributed by atoms with Gasteiger partial charge in [0.25, 0.3) is 0 Å². The first-order valence-electron chi connectivity index (χ1n) is 6.45. The molecular weight excluding hydrogens is 252 g/mol. The van der Waals surface area contributed by atoms with Crippen LogP contribution in [0.2, 0.25) is 0 Å². The fourth-order valence-electron chi connectivity index (χ4n) is 2.21. The van der Waals surface area contributed by atoms with Gasteiger partial charge in [0, 0.05) is 5.69 Å². The number of nitrogens with one attached hydrogen (secondary N) is 1. The second-order valence-electron chi connectivity index (χ2n) is 4.54. The Morgan fingerprint density at radius 2 is 1.90 bits per heavy atom. The zero-order chi connectivity index (χ0) is 13.8. The van der Waals surface area contributed by atoms with Crippen LogP contribution in [0, 0.1) is 11.3 Å². The Morgan fingerprint density at radius 1 is 1.10 bits per heavy atom. The summed E-state index contributed by atoms with van der Waals surface area (Å²) < 4.78 is 10.7. The number of ether oxygens (including phenoxy) is 2. The third-order valence-corrected chi connectivity index (χ3v) is 3.21. The van der Waals surface area contributed by atoms with E-state index in [1.54, 1.807) is 0 Å². The largest absolute Gasteiger partial charge is 0.454 e. The molecule has 1 N–H and O–H groups in total. The molecule has 2 aromatic carbocycles. The molecule has 0 bridgehead atoms. The van der Waals surface area contributed by atoms with Gasteiger partial charge in [-0.05, 0) is 29.8 Å². The van der Waals surface area contributed by atoms with Gasteiger partial charge in [0.1, 0.15) is 0 Å². The maximum atomic E-state index is 9.02. The Morgan fingerprint density at radius 3 is 2.70 bits per heavy atom. The van der Waals surface area contributed by atoms with Crippen molar-refractivity contribution in [3.63, 3.8) is 0 Å². The Bertz CT molecular complexity index is 635. The molecule has 1 aliphatic rings. The molecule has 0 saturated heterocycles. The smallest absolute Gasteiger partial charge is 0.231 e. The van der Waals surface area contributed by atoms with Crippen LogP contribution in [0.15, 0.2) is 48.5 Å². The van der Waals surface area contributed by atoms with E-state index in [1.165, 1.54) is 0 Å². The summed E-state index contributed by atoms with van der Waals surface area (Å²) in [6, 6.07) is 17.8. The molecule has 0 saturated carbocycles. The van der Waals surface area contributed by atoms with E-state index in [2.05, 4.69) is 11.4 Å². The summed E-state index contributed by atoms with van der Waals surface area (Å²) >= 11 is 0. The maximum Gasteiger partial charge on any atom is 0.231 e. The molecule has 1 unspecified atom stereocenters. The van der Waals surface area contributed by atoms with Crippen LogP contribution in [-0.4, -0.2) is 6.79 Å². The van der Waals surface area contributed by atoms with Gasteiger partial charge in [-0.2, -0.15) is 5.26 Å². The van der Waals surface area contributed by atoms with Gasteiger partial charge >= 0.3 is 0 Å². The van der Waals surface area contributed by atoms with Gasteiger partial charge in [-0.3, -0.25) is 0 Å². The van der Waals surface area contributed by atoms with Crippen molar-refractivity contribution in [2.45, 2.75) is 12.5 Å². The Hall–Kier alpha value is -2.67. The predicted octanol–water partition coefficient (Wildman–Crippen LogP) is 3.48. The van der Waals surface area contributed by atoms with Crippen molar-refractivity contribution < 1.29 is 9.47 Å². The summed E-state index contributed by atoms with van der Waals surface area (Å²) in [4.78, 5) is 0. The zero-order valence-electron chi connectivity index (χ0n) is 10.9. The first-order chi connectivity index (χ1) is 9.86. The fraction of sp³-hybridized carbons (Fsp3) is 0.188. The van der Waals surface area contributed by atoms with Crippen molar-refractivity contribution in [2.24, 2.45) is 0 Å². The van der Waals surface area contributed by atoms with Crippen LogP contribution >= 0.6 is 0 Å². The van der Waals surface area contributed by atoms with Gasteiger partial charge in [-0.25, -0.2) is 0 Å². The lowest BCUT2D eigenvalue weighted by molar-refractivity contribution is 0.174. The summed E-state index contributed by atoms with van der Waals surface area (Å²) in [5.74, 6) is 1.49. The fourth-order valence-corrected chi connectivity index (χ4v) is 2.21. The van der Waals surface area contributed by atoms with E-state index < -0.39 is 0 Å². The van der Waals surface area contributed by atoms with E-state index >= 15 is 0 Å². The topological polar surface area (TPSA) is 54.3 Å². The van der Waals surface area contributed by atoms with Crippen LogP contribution in [0.3, 0.4) is 0 Å². The highest BCUT2D eigenvalue weighted by Crippen LogP contribution is 2.35. The molecule has 0 fully saturated rings. The molecule has 1 aliphatic heterocycles. The van der Waals surface area contributed by atoms with Crippen LogP contribution in [0.5, 0.6) is 11.5 Å². The van der Waals surface area contributed by atoms with Crippen LogP contribution in [-0.2, 0) is 0 Å². The van der Waals surface area contributed by atoms with E-state index in [1.807, 2.05) is 48.5 Å². The van der Waals surface area contributed by atoms with Crippen molar-refractivity contribution in [2.75, 3.05) is 12.1 Å². The molecular formula is C16H14N2O2. The van der Waals surface area contributed by atoms with Gasteiger partial charge in [-0.15, -0.1) is 0 Å². The molecule has 4 heteroatoms. The van der Waals surface area contributed by atoms with Gasteiger partial charge in [-0.1, -0.05) is 24.3 Å². The number of hydrogen-bond donors (Lipinski definition) is 1. The predicted molar refractivity (Wildman–Crippen MR) is 75.6 cm³/mol. The summed E-state index contributed by atoms with van der Waals surface area (Å²) in [6.07, 6.45) is 0.383. The monoisotopic (exact) mass is 266 g/mol. The first kappa shape index (κ1) is 12.4. The number of nitrogens with zero attached hydrogens (tertiary/aromatic N) is 1. The minimum Gasteiger partial charge on any atom is -0.454 e. The van der Waals surface area contributed by atoms with Crippen LogP contribution in [0.4, 0.5) is 5.69 Å². The lowest BCUT2D eigenvalue weighted by atomic mass is 10.0. The van der Waals surface area contributed by atoms with Gasteiger partial charge < -0.3 is 14.8 Å². The molecule has 0 aliphatic carbocycles. The van der Waals surface area contributed by atoms with Gasteiger partial charge in [0.05, 0.1) is 18.5 Å². The molecule has 4 nitrogen and oxygen atoms in total. The normalized spacial score (nSPS) is 13.6. The third kappa shape index (κ3) is 2.52. The van der Waals surface area contributed by atoms with Crippen molar-refractivity contribution in [1.82, 2.24) is 0 Å². The zero-order valence-corrected chi connectivity index (χ0v) is 10.9. The van der Waals surface area contributed by atoms with E-state index in [4.69, 9.17) is 14.7 Å². The molecule has 0 aromatic heterocycles. The molecule has 1 heterocycles. The van der Waals surface area contributed by atoms with E-state index in [0.717, 1.165) is 22.7 Å². The summed E-state index contributed by atoms with van der Waals surface area (Å²) in [5, 5.41) is 12.4. The minimum atomic E-state index is -0.0723. The number of fused-ring (bicyclic) bond motifs is 1. The Balaban J connectivity index is 1.85. The van der Waals surface area contributed by atoms with Crippen molar-refractivity contribution in [1.29, 1.82) is 5.26 Å². The average Bonchev–Trinajstić information content (AvgIpc) is 2.95. The molecule has 100 valence electrons. The molecule has 1 atom stereocenters. The van der Waals surface area contributed by atoms with E-state index in [-0.39, 0.29) is 12.8 Å². The third-order valence-electron chi connectivity index (χ3n) is 3.21. The van der Waals surface area contributed by atoms with Crippen LogP contribution in [0.25, 0.3) is 0 Å². The summed E-state index contributed by atoms with van der Waals surface area (Å²) in [5.41, 5.74) is 2.00. The number of para-hydroxylation sites is 1. The number of hydrogen-bond acceptors (Lipinski definition) is 4. The molecule has 0 radical (unpaired) electrons. The molecule has 2 aromatic rings. The lowest BCUT2D eigenvalue weighted by Gasteiger charge is -2.18. The van der Waals surface area contributed by atoms with Crippen molar-refractivity contribution in [3.8, 4) is 17.6 Å². The maximum absolute atomic E-state index is 9.02. The molecule has 0 amide bonds. The Labute approximate surface area is 117 Å². The van der Waals surface area contributed by atoms with Gasteiger partial charge in [0.15, 0.2) is 11.5 Å². The summed E-state index contributed by atoms with van der Waals surface area (Å²) in [6.45, 7) is 0.258. The van der Waals surface area contributed by atoms with Crippen molar-refractivity contribution in [3.05, 3.63) is 54.1 Å². The highest BCUT2D eigenvalue weighted by molar-refractivity contribution is 5.49. The highest BCUT2D eigenvalue weighted by atomic mass is 16.7. The standard InChI is InChI=1S/C16H14N2O2/c17-9-8-14(18-13-4-2-1-3-5-13)12-6-7-15-16(10-12)20-11-19-15/h1-7,10,14,18H,8,11H2. The van der Waals surface area contributed by atoms with E-state index in [9.17, 15) is 0 Å². The number of benzene rings is 2. The number of anilines is 1. The second-order valence-corrected chi connectivity index (χ2v) is 4.54. The molecule has 20 heavy (non-hydrogen) atoms. The first-order valence-corrected chi connectivity index (χ1v) is 6.45. The van der Waals surface area contributed by atoms with Crippen LogP contribution in [0.1, 0.15) is 18.0 Å². The number of rotatable bonds is 4. The summed E-state index contributed by atoms with van der Waals surface area (Å²) in [7, 11) is 0. The van der Waals surface area contributed by atoms with Crippen molar-refractivity contribution >= 4 is 5.69 Å². The van der Waals surface area contributed by atoms with E-state index in [0.29, 0.717) is 6.42 Å². The minimum absolute atomic E-state index is 0.0723. The van der Waals surface area contributed by atoms with Gasteiger partial charge in [0.2, 0.25) is 6.79 Å². The quantitative estimate of drug-likeness (QED) is 0.920. The second kappa shape index (κ2) is 5.54. The molecule has 0 spiro atoms. The lowest BCUT2D eigenvalue weighted by Crippen LogP contribution is -2.10. The molecule has 3 rings (SSSR count). The van der Waals surface area contributed by atoms with Crippen LogP contribution < -0.4 is 14.8 Å². The highest BCUT2D eigenvalue weighted by Gasteiger charge is 2.17.